The third-order valence-electron chi connectivity index (χ3n) is 5.84. The first-order chi connectivity index (χ1) is 14.5. The van der Waals surface area contributed by atoms with Gasteiger partial charge in [0.25, 0.3) is 5.91 Å². The number of aryl methyl sites for hydroxylation is 2. The van der Waals surface area contributed by atoms with Crippen molar-refractivity contribution >= 4 is 23.2 Å². The molecule has 2 aromatic heterocycles. The molecule has 0 spiro atoms. The summed E-state index contributed by atoms with van der Waals surface area (Å²) in [5, 5.41) is 8.21. The first-order valence-electron chi connectivity index (χ1n) is 10.6. The minimum Gasteiger partial charge on any atom is -0.352 e. The van der Waals surface area contributed by atoms with Crippen molar-refractivity contribution in [3.05, 3.63) is 75.2 Å². The fourth-order valence-electron chi connectivity index (χ4n) is 4.14. The Morgan fingerprint density at radius 1 is 1.27 bits per heavy atom. The van der Waals surface area contributed by atoms with Gasteiger partial charge in [-0.25, -0.2) is 9.50 Å². The van der Waals surface area contributed by atoms with Crippen molar-refractivity contribution in [2.24, 2.45) is 0 Å². The molecule has 1 N–H and O–H groups in total. The van der Waals surface area contributed by atoms with Crippen LogP contribution in [0.25, 0.3) is 5.65 Å². The van der Waals surface area contributed by atoms with E-state index in [4.69, 9.17) is 16.6 Å². The van der Waals surface area contributed by atoms with E-state index in [1.165, 1.54) is 18.4 Å². The Labute approximate surface area is 182 Å². The van der Waals surface area contributed by atoms with Gasteiger partial charge in [-0.15, -0.1) is 0 Å². The third kappa shape index (κ3) is 4.41. The van der Waals surface area contributed by atoms with Gasteiger partial charge in [0.05, 0.1) is 6.20 Å². The number of benzene rings is 1. The van der Waals surface area contributed by atoms with Crippen molar-refractivity contribution in [3.63, 3.8) is 0 Å². The van der Waals surface area contributed by atoms with Crippen LogP contribution < -0.4 is 5.32 Å². The minimum absolute atomic E-state index is 0.115. The van der Waals surface area contributed by atoms with Crippen LogP contribution in [0.15, 0.2) is 42.1 Å². The van der Waals surface area contributed by atoms with Crippen LogP contribution >= 0.6 is 11.6 Å². The smallest absolute Gasteiger partial charge is 0.256 e. The van der Waals surface area contributed by atoms with Crippen LogP contribution in [0.1, 0.15) is 65.0 Å². The summed E-state index contributed by atoms with van der Waals surface area (Å²) in [6, 6.07) is 7.84. The topological polar surface area (TPSA) is 59.3 Å². The number of allylic oxidation sites excluding steroid dienone is 1. The second-order valence-electron chi connectivity index (χ2n) is 7.98. The molecule has 0 bridgehead atoms. The van der Waals surface area contributed by atoms with Gasteiger partial charge in [-0.2, -0.15) is 5.10 Å². The predicted octanol–water partition coefficient (Wildman–Crippen LogP) is 5.21. The molecule has 156 valence electrons. The molecule has 30 heavy (non-hydrogen) atoms. The SMILES string of the molecule is Cc1nc2c(C(=O)NCCC3=CCCCC3)cnn2c(C)c1Cc1cccc(Cl)c1. The maximum atomic E-state index is 12.8. The maximum absolute atomic E-state index is 12.8. The summed E-state index contributed by atoms with van der Waals surface area (Å²) < 4.78 is 1.77. The van der Waals surface area contributed by atoms with Crippen molar-refractivity contribution in [1.82, 2.24) is 19.9 Å². The van der Waals surface area contributed by atoms with E-state index in [-0.39, 0.29) is 5.91 Å². The molecule has 1 aliphatic rings. The number of nitrogens with zero attached hydrogens (tertiary/aromatic N) is 3. The van der Waals surface area contributed by atoms with Gasteiger partial charge in [0.2, 0.25) is 0 Å². The molecule has 3 aromatic rings. The third-order valence-corrected chi connectivity index (χ3v) is 6.07. The number of aromatic nitrogens is 3. The molecule has 1 amide bonds. The van der Waals surface area contributed by atoms with Gasteiger partial charge >= 0.3 is 0 Å². The lowest BCUT2D eigenvalue weighted by molar-refractivity contribution is 0.0955. The number of amides is 1. The highest BCUT2D eigenvalue weighted by Crippen LogP contribution is 2.22. The Kier molecular flexibility index (Phi) is 6.18. The molecule has 0 saturated carbocycles. The average Bonchev–Trinajstić information content (AvgIpc) is 3.16. The van der Waals surface area contributed by atoms with Crippen molar-refractivity contribution in [3.8, 4) is 0 Å². The van der Waals surface area contributed by atoms with E-state index in [0.717, 1.165) is 53.2 Å². The highest BCUT2D eigenvalue weighted by atomic mass is 35.5. The fraction of sp³-hybridized carbons (Fsp3) is 0.375. The van der Waals surface area contributed by atoms with Crippen molar-refractivity contribution in [1.29, 1.82) is 0 Å². The predicted molar refractivity (Wildman–Crippen MR) is 120 cm³/mol. The molecule has 0 aliphatic heterocycles. The molecular weight excluding hydrogens is 396 g/mol. The molecule has 6 heteroatoms. The first-order valence-corrected chi connectivity index (χ1v) is 10.9. The molecule has 1 aromatic carbocycles. The number of fused-ring (bicyclic) bond motifs is 1. The summed E-state index contributed by atoms with van der Waals surface area (Å²) >= 11 is 6.13. The lowest BCUT2D eigenvalue weighted by atomic mass is 9.97. The van der Waals surface area contributed by atoms with E-state index in [1.807, 2.05) is 32.0 Å². The molecule has 0 fully saturated rings. The van der Waals surface area contributed by atoms with Crippen molar-refractivity contribution in [2.75, 3.05) is 6.54 Å². The van der Waals surface area contributed by atoms with E-state index in [9.17, 15) is 4.79 Å². The normalized spacial score (nSPS) is 14.0. The number of carbonyl (C=O) groups is 1. The number of carbonyl (C=O) groups excluding carboxylic acids is 1. The number of hydrogen-bond donors (Lipinski definition) is 1. The standard InChI is InChI=1S/C24H27ClN4O/c1-16-21(14-19-9-6-10-20(25)13-19)17(2)29-23(28-16)22(15-27-29)24(30)26-12-11-18-7-4-3-5-8-18/h6-7,9-10,13,15H,3-5,8,11-12,14H2,1-2H3,(H,26,30). The Morgan fingerprint density at radius 3 is 2.90 bits per heavy atom. The van der Waals surface area contributed by atoms with E-state index in [1.54, 1.807) is 10.7 Å². The lowest BCUT2D eigenvalue weighted by Gasteiger charge is -2.13. The quantitative estimate of drug-likeness (QED) is 0.554. The molecule has 4 rings (SSSR count). The van der Waals surface area contributed by atoms with Crippen LogP contribution in [0, 0.1) is 13.8 Å². The van der Waals surface area contributed by atoms with Gasteiger partial charge in [-0.1, -0.05) is 35.4 Å². The van der Waals surface area contributed by atoms with Gasteiger partial charge in [0.15, 0.2) is 5.65 Å². The first kappa shape index (κ1) is 20.6. The molecule has 0 unspecified atom stereocenters. The zero-order chi connectivity index (χ0) is 21.1. The van der Waals surface area contributed by atoms with E-state index in [0.29, 0.717) is 17.8 Å². The van der Waals surface area contributed by atoms with Gasteiger partial charge < -0.3 is 5.32 Å². The molecule has 0 atom stereocenters. The second kappa shape index (κ2) is 9.00. The van der Waals surface area contributed by atoms with E-state index in [2.05, 4.69) is 22.6 Å². The van der Waals surface area contributed by atoms with Gasteiger partial charge in [0.1, 0.15) is 5.56 Å². The average molecular weight is 423 g/mol. The van der Waals surface area contributed by atoms with Gasteiger partial charge in [0, 0.05) is 29.4 Å². The summed E-state index contributed by atoms with van der Waals surface area (Å²) in [5.74, 6) is -0.115. The van der Waals surface area contributed by atoms with Crippen LogP contribution in [0.4, 0.5) is 0 Å². The van der Waals surface area contributed by atoms with Crippen LogP contribution in [0.2, 0.25) is 5.02 Å². The summed E-state index contributed by atoms with van der Waals surface area (Å²) in [6.45, 7) is 4.65. The van der Waals surface area contributed by atoms with Crippen LogP contribution in [0.5, 0.6) is 0 Å². The summed E-state index contributed by atoms with van der Waals surface area (Å²) in [4.78, 5) is 17.5. The molecule has 0 radical (unpaired) electrons. The zero-order valence-corrected chi connectivity index (χ0v) is 18.3. The fourth-order valence-corrected chi connectivity index (χ4v) is 4.35. The summed E-state index contributed by atoms with van der Waals surface area (Å²) in [7, 11) is 0. The largest absolute Gasteiger partial charge is 0.352 e. The summed E-state index contributed by atoms with van der Waals surface area (Å²) in [5.41, 5.74) is 6.70. The van der Waals surface area contributed by atoms with Crippen LogP contribution in [-0.4, -0.2) is 27.0 Å². The summed E-state index contributed by atoms with van der Waals surface area (Å²) in [6.07, 6.45) is 10.4. The molecule has 2 heterocycles. The minimum atomic E-state index is -0.115. The number of rotatable bonds is 6. The molecule has 5 nitrogen and oxygen atoms in total. The Hall–Kier alpha value is -2.66. The molecule has 0 saturated heterocycles. The highest BCUT2D eigenvalue weighted by molar-refractivity contribution is 6.30. The molecule has 1 aliphatic carbocycles. The van der Waals surface area contributed by atoms with Gasteiger partial charge in [-0.05, 0) is 69.2 Å². The number of hydrogen-bond acceptors (Lipinski definition) is 3. The van der Waals surface area contributed by atoms with Crippen molar-refractivity contribution in [2.45, 2.75) is 52.4 Å². The second-order valence-corrected chi connectivity index (χ2v) is 8.41. The van der Waals surface area contributed by atoms with Crippen molar-refractivity contribution < 1.29 is 4.79 Å². The Bertz CT molecular complexity index is 1120. The number of halogens is 1. The highest BCUT2D eigenvalue weighted by Gasteiger charge is 2.18. The van der Waals surface area contributed by atoms with Crippen LogP contribution in [0.3, 0.4) is 0 Å². The Morgan fingerprint density at radius 2 is 2.13 bits per heavy atom. The monoisotopic (exact) mass is 422 g/mol. The van der Waals surface area contributed by atoms with Crippen LogP contribution in [-0.2, 0) is 6.42 Å². The maximum Gasteiger partial charge on any atom is 0.256 e. The zero-order valence-electron chi connectivity index (χ0n) is 17.5. The van der Waals surface area contributed by atoms with Gasteiger partial charge in [-0.3, -0.25) is 4.79 Å². The van der Waals surface area contributed by atoms with E-state index >= 15 is 0 Å². The van der Waals surface area contributed by atoms with E-state index < -0.39 is 0 Å². The lowest BCUT2D eigenvalue weighted by Crippen LogP contribution is -2.25. The molecular formula is C24H27ClN4O. The Balaban J connectivity index is 1.53. The number of nitrogens with one attached hydrogen (secondary N) is 1.